The van der Waals surface area contributed by atoms with Crippen LogP contribution in [0.25, 0.3) is 0 Å². The second kappa shape index (κ2) is 9.17. The van der Waals surface area contributed by atoms with Crippen LogP contribution >= 0.6 is 0 Å². The van der Waals surface area contributed by atoms with Crippen molar-refractivity contribution in [1.29, 1.82) is 0 Å². The van der Waals surface area contributed by atoms with Crippen LogP contribution in [0.2, 0.25) is 0 Å². The fourth-order valence-corrected chi connectivity index (χ4v) is 3.77. The van der Waals surface area contributed by atoms with Gasteiger partial charge in [-0.25, -0.2) is 4.99 Å². The van der Waals surface area contributed by atoms with Crippen molar-refractivity contribution in [2.45, 2.75) is 51.6 Å². The van der Waals surface area contributed by atoms with E-state index in [1.165, 1.54) is 0 Å². The molecule has 7 heteroatoms. The van der Waals surface area contributed by atoms with Crippen molar-refractivity contribution in [3.05, 3.63) is 59.7 Å². The van der Waals surface area contributed by atoms with E-state index in [0.29, 0.717) is 32.0 Å². The van der Waals surface area contributed by atoms with Gasteiger partial charge in [-0.05, 0) is 37.0 Å². The lowest BCUT2D eigenvalue weighted by atomic mass is 10.1. The molecule has 158 valence electrons. The molecule has 3 N–H and O–H groups in total. The van der Waals surface area contributed by atoms with Crippen molar-refractivity contribution in [2.75, 3.05) is 11.9 Å². The van der Waals surface area contributed by atoms with Crippen LogP contribution in [0.4, 0.5) is 5.69 Å². The molecule has 0 bridgehead atoms. The second-order valence-electron chi connectivity index (χ2n) is 7.81. The first-order chi connectivity index (χ1) is 14.6. The number of aliphatic hydroxyl groups excluding tert-OH is 1. The highest BCUT2D eigenvalue weighted by Crippen LogP contribution is 2.35. The number of nitrogens with zero attached hydrogens (tertiary/aromatic N) is 2. The van der Waals surface area contributed by atoms with Gasteiger partial charge in [0.1, 0.15) is 5.75 Å². The third kappa shape index (κ3) is 4.91. The van der Waals surface area contributed by atoms with Gasteiger partial charge in [0, 0.05) is 19.5 Å². The zero-order valence-electron chi connectivity index (χ0n) is 17.2. The Morgan fingerprint density at radius 2 is 2.13 bits per heavy atom. The molecular weight excluding hydrogens is 380 g/mol. The van der Waals surface area contributed by atoms with Crippen molar-refractivity contribution in [2.24, 2.45) is 4.99 Å². The molecule has 2 aromatic rings. The molecule has 2 aromatic carbocycles. The largest absolute Gasteiger partial charge is 0.489 e. The highest BCUT2D eigenvalue weighted by atomic mass is 16.5. The summed E-state index contributed by atoms with van der Waals surface area (Å²) in [7, 11) is 0. The molecule has 0 saturated heterocycles. The summed E-state index contributed by atoms with van der Waals surface area (Å²) < 4.78 is 6.17. The monoisotopic (exact) mass is 408 g/mol. The van der Waals surface area contributed by atoms with E-state index in [1.54, 1.807) is 0 Å². The van der Waals surface area contributed by atoms with Crippen LogP contribution in [-0.4, -0.2) is 40.7 Å². The third-order valence-corrected chi connectivity index (χ3v) is 5.34. The van der Waals surface area contributed by atoms with Crippen LogP contribution in [0, 0.1) is 0 Å². The van der Waals surface area contributed by atoms with E-state index >= 15 is 0 Å². The Kier molecular flexibility index (Phi) is 6.18. The number of carbonyl (C=O) groups excluding carboxylic acids is 1. The van der Waals surface area contributed by atoms with Crippen LogP contribution < -0.4 is 15.4 Å². The summed E-state index contributed by atoms with van der Waals surface area (Å²) in [5.74, 6) is 1.52. The van der Waals surface area contributed by atoms with Crippen LogP contribution in [0.3, 0.4) is 0 Å². The number of fused-ring (bicyclic) bond motifs is 2. The SMILES string of the molecule is CC(CCCC(=O)NCc1ccccc1)Oc1cccc2c1NC1=NC(O)CN1C2. The number of guanidine groups is 1. The number of anilines is 1. The molecule has 7 nitrogen and oxygen atoms in total. The van der Waals surface area contributed by atoms with E-state index < -0.39 is 6.23 Å². The summed E-state index contributed by atoms with van der Waals surface area (Å²) in [6.45, 7) is 3.79. The maximum atomic E-state index is 12.1. The third-order valence-electron chi connectivity index (χ3n) is 5.34. The second-order valence-corrected chi connectivity index (χ2v) is 7.81. The van der Waals surface area contributed by atoms with Gasteiger partial charge in [0.15, 0.2) is 6.23 Å². The van der Waals surface area contributed by atoms with E-state index in [1.807, 2.05) is 54.3 Å². The Labute approximate surface area is 176 Å². The molecule has 2 unspecified atom stereocenters. The topological polar surface area (TPSA) is 86.2 Å². The van der Waals surface area contributed by atoms with Crippen LogP contribution in [0.15, 0.2) is 53.5 Å². The summed E-state index contributed by atoms with van der Waals surface area (Å²) in [6, 6.07) is 15.9. The Balaban J connectivity index is 1.25. The number of aliphatic imine (C=N–C) groups is 1. The number of rotatable bonds is 8. The van der Waals surface area contributed by atoms with Crippen molar-refractivity contribution in [3.63, 3.8) is 0 Å². The minimum absolute atomic E-state index is 0.0191. The number of hydrogen-bond acceptors (Lipinski definition) is 6. The number of carbonyl (C=O) groups is 1. The summed E-state index contributed by atoms with van der Waals surface area (Å²) in [5.41, 5.74) is 3.13. The average Bonchev–Trinajstić information content (AvgIpc) is 3.10. The standard InChI is InChI=1S/C23H28N4O3/c1-16(7-5-12-20(28)24-13-17-8-3-2-4-9-17)30-19-11-6-10-18-14-27-15-21(29)25-23(27)26-22(18)19/h2-4,6,8-11,16,21,29H,5,7,12-15H2,1H3,(H,24,28)(H,25,26). The summed E-state index contributed by atoms with van der Waals surface area (Å²) in [6.07, 6.45) is 1.33. The molecule has 4 rings (SSSR count). The molecule has 0 fully saturated rings. The molecule has 0 radical (unpaired) electrons. The van der Waals surface area contributed by atoms with Gasteiger partial charge in [-0.2, -0.15) is 0 Å². The van der Waals surface area contributed by atoms with Gasteiger partial charge >= 0.3 is 0 Å². The first-order valence-corrected chi connectivity index (χ1v) is 10.5. The maximum Gasteiger partial charge on any atom is 0.220 e. The Hall–Kier alpha value is -3.06. The molecule has 2 aliphatic rings. The number of amides is 1. The zero-order valence-corrected chi connectivity index (χ0v) is 17.2. The van der Waals surface area contributed by atoms with Crippen molar-refractivity contribution < 1.29 is 14.6 Å². The lowest BCUT2D eigenvalue weighted by molar-refractivity contribution is -0.121. The molecule has 2 heterocycles. The number of ether oxygens (including phenoxy) is 1. The summed E-state index contributed by atoms with van der Waals surface area (Å²) >= 11 is 0. The number of benzene rings is 2. The van der Waals surface area contributed by atoms with Gasteiger partial charge in [0.25, 0.3) is 0 Å². The Morgan fingerprint density at radius 3 is 2.97 bits per heavy atom. The lowest BCUT2D eigenvalue weighted by Gasteiger charge is -2.30. The lowest BCUT2D eigenvalue weighted by Crippen LogP contribution is -2.37. The summed E-state index contributed by atoms with van der Waals surface area (Å²) in [4.78, 5) is 18.3. The molecule has 0 spiro atoms. The van der Waals surface area contributed by atoms with Crippen molar-refractivity contribution >= 4 is 17.6 Å². The minimum Gasteiger partial charge on any atom is -0.489 e. The summed E-state index contributed by atoms with van der Waals surface area (Å²) in [5, 5.41) is 16.0. The zero-order chi connectivity index (χ0) is 20.9. The quantitative estimate of drug-likeness (QED) is 0.625. The normalized spacial score (nSPS) is 18.0. The van der Waals surface area contributed by atoms with Gasteiger partial charge in [-0.1, -0.05) is 42.5 Å². The maximum absolute atomic E-state index is 12.1. The van der Waals surface area contributed by atoms with Crippen molar-refractivity contribution in [3.8, 4) is 5.75 Å². The van der Waals surface area contributed by atoms with Gasteiger partial charge in [-0.15, -0.1) is 0 Å². The van der Waals surface area contributed by atoms with Crippen LogP contribution in [-0.2, 0) is 17.9 Å². The number of nitrogens with one attached hydrogen (secondary N) is 2. The van der Waals surface area contributed by atoms with E-state index in [-0.39, 0.29) is 12.0 Å². The smallest absolute Gasteiger partial charge is 0.220 e. The van der Waals surface area contributed by atoms with Crippen LogP contribution in [0.5, 0.6) is 5.75 Å². The first kappa shape index (κ1) is 20.2. The van der Waals surface area contributed by atoms with Gasteiger partial charge < -0.3 is 25.4 Å². The van der Waals surface area contributed by atoms with Gasteiger partial charge in [-0.3, -0.25) is 4.79 Å². The molecule has 1 amide bonds. The number of hydrogen-bond donors (Lipinski definition) is 3. The predicted octanol–water partition coefficient (Wildman–Crippen LogP) is 2.86. The van der Waals surface area contributed by atoms with Gasteiger partial charge in [0.2, 0.25) is 11.9 Å². The fraction of sp³-hybridized carbons (Fsp3) is 0.391. The van der Waals surface area contributed by atoms with E-state index in [9.17, 15) is 9.90 Å². The van der Waals surface area contributed by atoms with E-state index in [2.05, 4.69) is 21.7 Å². The Morgan fingerprint density at radius 1 is 1.30 bits per heavy atom. The highest BCUT2D eigenvalue weighted by Gasteiger charge is 2.30. The molecule has 0 aromatic heterocycles. The first-order valence-electron chi connectivity index (χ1n) is 10.5. The Bertz CT molecular complexity index is 916. The number of aliphatic hydroxyl groups is 1. The highest BCUT2D eigenvalue weighted by molar-refractivity contribution is 5.98. The minimum atomic E-state index is -0.682. The average molecular weight is 409 g/mol. The van der Waals surface area contributed by atoms with Gasteiger partial charge in [0.05, 0.1) is 18.3 Å². The molecule has 2 atom stereocenters. The molecule has 30 heavy (non-hydrogen) atoms. The molecule has 2 aliphatic heterocycles. The molecule has 0 saturated carbocycles. The number of para-hydroxylation sites is 1. The van der Waals surface area contributed by atoms with Crippen LogP contribution in [0.1, 0.15) is 37.3 Å². The molecular formula is C23H28N4O3. The van der Waals surface area contributed by atoms with E-state index in [0.717, 1.165) is 35.4 Å². The predicted molar refractivity (Wildman–Crippen MR) is 116 cm³/mol. The van der Waals surface area contributed by atoms with Crippen molar-refractivity contribution in [1.82, 2.24) is 10.2 Å². The van der Waals surface area contributed by atoms with E-state index in [4.69, 9.17) is 4.74 Å². The molecule has 0 aliphatic carbocycles. The fourth-order valence-electron chi connectivity index (χ4n) is 3.77.